The molecule has 42 heavy (non-hydrogen) atoms. The van der Waals surface area contributed by atoms with E-state index in [1.54, 1.807) is 9.47 Å². The molecule has 7 heteroatoms. The second kappa shape index (κ2) is 12.1. The summed E-state index contributed by atoms with van der Waals surface area (Å²) < 4.78 is 13.3. The van der Waals surface area contributed by atoms with Gasteiger partial charge in [0.1, 0.15) is 18.0 Å². The van der Waals surface area contributed by atoms with Crippen LogP contribution in [0.5, 0.6) is 5.75 Å². The van der Waals surface area contributed by atoms with Gasteiger partial charge in [0.25, 0.3) is 0 Å². The molecule has 5 aromatic rings. The summed E-state index contributed by atoms with van der Waals surface area (Å²) in [6.45, 7) is 4.41. The normalized spacial score (nSPS) is 13.5. The molecule has 0 unspecified atom stereocenters. The largest absolute Gasteiger partial charge is 0.493 e. The van der Waals surface area contributed by atoms with Gasteiger partial charge >= 0.3 is 5.97 Å². The first-order valence-corrected chi connectivity index (χ1v) is 14.4. The smallest absolute Gasteiger partial charge is 0.352 e. The number of rotatable bonds is 9. The Hall–Kier alpha value is -4.62. The van der Waals surface area contributed by atoms with Crippen LogP contribution in [-0.2, 0) is 22.5 Å². The Balaban J connectivity index is 1.38. The summed E-state index contributed by atoms with van der Waals surface area (Å²) >= 11 is 0. The van der Waals surface area contributed by atoms with Gasteiger partial charge in [0.15, 0.2) is 0 Å². The maximum Gasteiger partial charge on any atom is 0.352 e. The number of carboxylic acid groups (broad SMARTS) is 1. The molecule has 0 aliphatic carbocycles. The lowest BCUT2D eigenvalue weighted by atomic mass is 9.97. The lowest BCUT2D eigenvalue weighted by molar-refractivity contribution is -0.135. The highest BCUT2D eigenvalue weighted by Gasteiger charge is 2.27. The summed E-state index contributed by atoms with van der Waals surface area (Å²) in [4.78, 5) is 28.1. The molecule has 2 heterocycles. The first kappa shape index (κ1) is 27.5. The van der Waals surface area contributed by atoms with Gasteiger partial charge in [0.05, 0.1) is 25.3 Å². The van der Waals surface area contributed by atoms with E-state index in [-0.39, 0.29) is 18.1 Å². The maximum atomic E-state index is 13.5. The maximum absolute atomic E-state index is 13.5. The van der Waals surface area contributed by atoms with Crippen LogP contribution in [-0.4, -0.2) is 59.4 Å². The van der Waals surface area contributed by atoms with Crippen LogP contribution in [0.2, 0.25) is 0 Å². The summed E-state index contributed by atoms with van der Waals surface area (Å²) in [7, 11) is 0. The highest BCUT2D eigenvalue weighted by atomic mass is 16.5. The second-order valence-electron chi connectivity index (χ2n) is 10.7. The van der Waals surface area contributed by atoms with Crippen molar-refractivity contribution < 1.29 is 24.2 Å². The van der Waals surface area contributed by atoms with Crippen LogP contribution in [0, 0.1) is 6.92 Å². The molecule has 1 fully saturated rings. The Kier molecular flexibility index (Phi) is 7.93. The minimum Gasteiger partial charge on any atom is -0.493 e. The van der Waals surface area contributed by atoms with E-state index < -0.39 is 5.97 Å². The molecular formula is C35H34N2O5. The van der Waals surface area contributed by atoms with Crippen molar-refractivity contribution in [2.75, 3.05) is 32.9 Å². The fraction of sp³-hybridized carbons (Fsp3) is 0.257. The Morgan fingerprint density at radius 3 is 2.36 bits per heavy atom. The van der Waals surface area contributed by atoms with Crippen molar-refractivity contribution in [1.82, 2.24) is 9.47 Å². The standard InChI is InChI=1S/C35H34N2O5/c1-24-9-2-4-12-26(24)28-14-7-15-29-30(16-8-20-42-31-17-6-11-25-10-3-5-13-27(25)31)34(35(39)40)37(33(28)29)23-32(38)36-18-21-41-22-19-36/h2-7,9-15,17H,8,16,18-23H2,1H3,(H,39,40). The lowest BCUT2D eigenvalue weighted by Gasteiger charge is -2.27. The molecule has 1 aliphatic rings. The number of amides is 1. The summed E-state index contributed by atoms with van der Waals surface area (Å²) in [6, 6.07) is 28.1. The molecular weight excluding hydrogens is 528 g/mol. The van der Waals surface area contributed by atoms with Crippen LogP contribution < -0.4 is 4.74 Å². The van der Waals surface area contributed by atoms with Gasteiger partial charge in [-0.25, -0.2) is 4.79 Å². The van der Waals surface area contributed by atoms with Gasteiger partial charge in [-0.1, -0.05) is 78.9 Å². The number of aryl methyl sites for hydroxylation is 2. The number of aromatic nitrogens is 1. The molecule has 1 amide bonds. The minimum absolute atomic E-state index is 0.0481. The van der Waals surface area contributed by atoms with Crippen molar-refractivity contribution in [3.8, 4) is 16.9 Å². The van der Waals surface area contributed by atoms with E-state index in [2.05, 4.69) is 12.1 Å². The topological polar surface area (TPSA) is 81.0 Å². The van der Waals surface area contributed by atoms with Gasteiger partial charge in [-0.2, -0.15) is 0 Å². The van der Waals surface area contributed by atoms with Gasteiger partial charge in [-0.05, 0) is 47.9 Å². The van der Waals surface area contributed by atoms with Crippen molar-refractivity contribution in [3.63, 3.8) is 0 Å². The van der Waals surface area contributed by atoms with Crippen molar-refractivity contribution >= 4 is 33.6 Å². The molecule has 0 radical (unpaired) electrons. The lowest BCUT2D eigenvalue weighted by Crippen LogP contribution is -2.42. The van der Waals surface area contributed by atoms with Crippen LogP contribution in [0.1, 0.15) is 28.0 Å². The van der Waals surface area contributed by atoms with E-state index in [0.29, 0.717) is 45.8 Å². The third kappa shape index (κ3) is 5.35. The number of nitrogens with zero attached hydrogens (tertiary/aromatic N) is 2. The number of hydrogen-bond acceptors (Lipinski definition) is 4. The third-order valence-corrected chi connectivity index (χ3v) is 8.06. The number of carbonyl (C=O) groups is 2. The average Bonchev–Trinajstić information content (AvgIpc) is 3.33. The zero-order valence-electron chi connectivity index (χ0n) is 23.7. The van der Waals surface area contributed by atoms with Crippen LogP contribution in [0.3, 0.4) is 0 Å². The molecule has 1 saturated heterocycles. The van der Waals surface area contributed by atoms with E-state index in [1.807, 2.05) is 79.7 Å². The van der Waals surface area contributed by atoms with Gasteiger partial charge < -0.3 is 24.0 Å². The van der Waals surface area contributed by atoms with Crippen LogP contribution in [0.4, 0.5) is 0 Å². The predicted octanol–water partition coefficient (Wildman–Crippen LogP) is 6.34. The molecule has 6 rings (SSSR count). The Bertz CT molecular complexity index is 1760. The Morgan fingerprint density at radius 1 is 0.857 bits per heavy atom. The number of carboxylic acids is 1. The van der Waals surface area contributed by atoms with Crippen molar-refractivity contribution in [2.45, 2.75) is 26.3 Å². The quantitative estimate of drug-likeness (QED) is 0.212. The number of aromatic carboxylic acids is 1. The van der Waals surface area contributed by atoms with Crippen molar-refractivity contribution in [1.29, 1.82) is 0 Å². The molecule has 1 aliphatic heterocycles. The van der Waals surface area contributed by atoms with E-state index in [1.165, 1.54) is 0 Å². The zero-order valence-corrected chi connectivity index (χ0v) is 23.7. The monoisotopic (exact) mass is 562 g/mol. The highest BCUT2D eigenvalue weighted by molar-refractivity contribution is 6.05. The fourth-order valence-corrected chi connectivity index (χ4v) is 6.03. The predicted molar refractivity (Wildman–Crippen MR) is 164 cm³/mol. The second-order valence-corrected chi connectivity index (χ2v) is 10.7. The molecule has 7 nitrogen and oxygen atoms in total. The molecule has 0 saturated carbocycles. The molecule has 4 aromatic carbocycles. The minimum atomic E-state index is -1.04. The van der Waals surface area contributed by atoms with E-state index >= 15 is 0 Å². The van der Waals surface area contributed by atoms with Crippen molar-refractivity contribution in [3.05, 3.63) is 102 Å². The molecule has 0 atom stereocenters. The number of benzene rings is 4. The average molecular weight is 563 g/mol. The number of carbonyl (C=O) groups excluding carboxylic acids is 1. The molecule has 1 aromatic heterocycles. The molecule has 0 bridgehead atoms. The summed E-state index contributed by atoms with van der Waals surface area (Å²) in [5.41, 5.74) is 4.68. The Morgan fingerprint density at radius 2 is 1.55 bits per heavy atom. The van der Waals surface area contributed by atoms with E-state index in [9.17, 15) is 14.7 Å². The van der Waals surface area contributed by atoms with E-state index in [0.717, 1.165) is 49.7 Å². The highest BCUT2D eigenvalue weighted by Crippen LogP contribution is 2.37. The number of morpholine rings is 1. The number of hydrogen-bond donors (Lipinski definition) is 1. The fourth-order valence-electron chi connectivity index (χ4n) is 6.03. The van der Waals surface area contributed by atoms with Gasteiger partial charge in [-0.3, -0.25) is 4.79 Å². The number of fused-ring (bicyclic) bond motifs is 2. The summed E-state index contributed by atoms with van der Waals surface area (Å²) in [6.07, 6.45) is 1.12. The summed E-state index contributed by atoms with van der Waals surface area (Å²) in [5.74, 6) is -0.336. The van der Waals surface area contributed by atoms with Gasteiger partial charge in [-0.15, -0.1) is 0 Å². The van der Waals surface area contributed by atoms with Gasteiger partial charge in [0, 0.05) is 29.4 Å². The van der Waals surface area contributed by atoms with Crippen molar-refractivity contribution in [2.24, 2.45) is 0 Å². The molecule has 214 valence electrons. The first-order chi connectivity index (χ1) is 20.5. The number of para-hydroxylation sites is 1. The summed E-state index contributed by atoms with van der Waals surface area (Å²) in [5, 5.41) is 13.6. The van der Waals surface area contributed by atoms with E-state index in [4.69, 9.17) is 9.47 Å². The first-order valence-electron chi connectivity index (χ1n) is 14.4. The molecule has 1 N–H and O–H groups in total. The van der Waals surface area contributed by atoms with Gasteiger partial charge in [0.2, 0.25) is 5.91 Å². The van der Waals surface area contributed by atoms with Crippen LogP contribution >= 0.6 is 0 Å². The zero-order chi connectivity index (χ0) is 29.1. The molecule has 0 spiro atoms. The SMILES string of the molecule is Cc1ccccc1-c1cccc2c(CCCOc3cccc4ccccc34)c(C(=O)O)n(CC(=O)N3CCOCC3)c12. The van der Waals surface area contributed by atoms with Crippen LogP contribution in [0.15, 0.2) is 84.9 Å². The third-order valence-electron chi connectivity index (χ3n) is 8.06. The van der Waals surface area contributed by atoms with Crippen LogP contribution in [0.25, 0.3) is 32.8 Å². The number of ether oxygens (including phenoxy) is 2. The Labute approximate surface area is 244 Å².